The molecular formula is C13H10FN3O. The summed E-state index contributed by atoms with van der Waals surface area (Å²) < 4.78 is 18.6. The van der Waals surface area contributed by atoms with Crippen molar-refractivity contribution >= 4 is 11.1 Å². The minimum atomic E-state index is -0.345. The zero-order valence-electron chi connectivity index (χ0n) is 9.43. The highest BCUT2D eigenvalue weighted by molar-refractivity contribution is 5.76. The van der Waals surface area contributed by atoms with Gasteiger partial charge in [-0.2, -0.15) is 0 Å². The zero-order valence-corrected chi connectivity index (χ0v) is 9.43. The summed E-state index contributed by atoms with van der Waals surface area (Å²) in [6.45, 7) is 0.350. The van der Waals surface area contributed by atoms with Gasteiger partial charge < -0.3 is 10.2 Å². The number of halogens is 1. The fraction of sp³-hybridized carbons (Fsp3) is 0.0769. The molecule has 0 fully saturated rings. The third-order valence-corrected chi connectivity index (χ3v) is 2.62. The Morgan fingerprint density at radius 1 is 1.22 bits per heavy atom. The molecule has 0 spiro atoms. The third-order valence-electron chi connectivity index (χ3n) is 2.62. The van der Waals surface area contributed by atoms with Crippen LogP contribution in [-0.4, -0.2) is 9.97 Å². The van der Waals surface area contributed by atoms with Gasteiger partial charge in [-0.25, -0.2) is 9.37 Å². The van der Waals surface area contributed by atoms with Crippen LogP contribution in [0, 0.1) is 5.82 Å². The Labute approximate surface area is 102 Å². The smallest absolute Gasteiger partial charge is 0.227 e. The van der Waals surface area contributed by atoms with Crippen LogP contribution in [0.2, 0.25) is 0 Å². The van der Waals surface area contributed by atoms with E-state index in [0.717, 1.165) is 11.3 Å². The Kier molecular flexibility index (Phi) is 2.53. The fourth-order valence-corrected chi connectivity index (χ4v) is 1.74. The van der Waals surface area contributed by atoms with Gasteiger partial charge in [0.2, 0.25) is 5.89 Å². The van der Waals surface area contributed by atoms with Gasteiger partial charge in [0, 0.05) is 24.4 Å². The Balaban J connectivity index is 2.13. The quantitative estimate of drug-likeness (QED) is 0.751. The first-order valence-corrected chi connectivity index (χ1v) is 5.48. The van der Waals surface area contributed by atoms with Gasteiger partial charge in [-0.05, 0) is 24.3 Å². The number of pyridine rings is 1. The van der Waals surface area contributed by atoms with E-state index in [4.69, 9.17) is 10.2 Å². The Morgan fingerprint density at radius 3 is 2.94 bits per heavy atom. The first-order chi connectivity index (χ1) is 8.76. The number of benzene rings is 1. The van der Waals surface area contributed by atoms with Crippen LogP contribution in [-0.2, 0) is 6.54 Å². The van der Waals surface area contributed by atoms with Gasteiger partial charge >= 0.3 is 0 Å². The predicted octanol–water partition coefficient (Wildman–Crippen LogP) is 2.49. The lowest BCUT2D eigenvalue weighted by molar-refractivity contribution is 0.602. The molecule has 90 valence electrons. The Morgan fingerprint density at radius 2 is 2.11 bits per heavy atom. The van der Waals surface area contributed by atoms with Gasteiger partial charge in [0.1, 0.15) is 11.3 Å². The van der Waals surface area contributed by atoms with Crippen LogP contribution in [0.5, 0.6) is 0 Å². The van der Waals surface area contributed by atoms with Crippen molar-refractivity contribution in [3.63, 3.8) is 0 Å². The van der Waals surface area contributed by atoms with Crippen molar-refractivity contribution in [2.45, 2.75) is 6.54 Å². The molecule has 2 N–H and O–H groups in total. The highest BCUT2D eigenvalue weighted by Gasteiger charge is 2.09. The molecule has 5 heteroatoms. The van der Waals surface area contributed by atoms with Crippen LogP contribution in [0.1, 0.15) is 5.69 Å². The molecule has 0 saturated carbocycles. The topological polar surface area (TPSA) is 64.9 Å². The van der Waals surface area contributed by atoms with E-state index in [0.29, 0.717) is 23.5 Å². The number of fused-ring (bicyclic) bond motifs is 1. The second-order valence-electron chi connectivity index (χ2n) is 3.87. The minimum Gasteiger partial charge on any atom is -0.436 e. The van der Waals surface area contributed by atoms with E-state index in [1.54, 1.807) is 24.4 Å². The van der Waals surface area contributed by atoms with Crippen molar-refractivity contribution in [2.24, 2.45) is 5.73 Å². The average Bonchev–Trinajstić information content (AvgIpc) is 2.81. The van der Waals surface area contributed by atoms with E-state index in [1.807, 2.05) is 0 Å². The molecule has 2 heterocycles. The molecule has 0 bridgehead atoms. The normalized spacial score (nSPS) is 11.0. The lowest BCUT2D eigenvalue weighted by Gasteiger charge is -1.97. The molecule has 4 nitrogen and oxygen atoms in total. The van der Waals surface area contributed by atoms with Gasteiger partial charge in [-0.3, -0.25) is 4.98 Å². The number of nitrogens with two attached hydrogens (primary N) is 1. The molecule has 0 radical (unpaired) electrons. The maximum absolute atomic E-state index is 13.1. The van der Waals surface area contributed by atoms with Crippen molar-refractivity contribution in [3.05, 3.63) is 48.0 Å². The molecule has 3 rings (SSSR count). The summed E-state index contributed by atoms with van der Waals surface area (Å²) in [4.78, 5) is 8.39. The first kappa shape index (κ1) is 10.9. The summed E-state index contributed by atoms with van der Waals surface area (Å²) >= 11 is 0. The molecule has 0 unspecified atom stereocenters. The fourth-order valence-electron chi connectivity index (χ4n) is 1.74. The molecule has 0 aliphatic heterocycles. The predicted molar refractivity (Wildman–Crippen MR) is 65.1 cm³/mol. The summed E-state index contributed by atoms with van der Waals surface area (Å²) in [6, 6.07) is 7.84. The molecule has 0 atom stereocenters. The molecule has 0 aliphatic carbocycles. The summed E-state index contributed by atoms with van der Waals surface area (Å²) in [5.41, 5.74) is 8.11. The van der Waals surface area contributed by atoms with E-state index in [9.17, 15) is 4.39 Å². The minimum absolute atomic E-state index is 0.345. The van der Waals surface area contributed by atoms with E-state index >= 15 is 0 Å². The maximum Gasteiger partial charge on any atom is 0.227 e. The lowest BCUT2D eigenvalue weighted by atomic mass is 10.2. The second-order valence-corrected chi connectivity index (χ2v) is 3.87. The number of hydrogen-bond donors (Lipinski definition) is 1. The van der Waals surface area contributed by atoms with Crippen molar-refractivity contribution in [1.29, 1.82) is 0 Å². The van der Waals surface area contributed by atoms with E-state index in [-0.39, 0.29) is 5.82 Å². The number of aromatic nitrogens is 2. The van der Waals surface area contributed by atoms with Crippen LogP contribution < -0.4 is 5.73 Å². The van der Waals surface area contributed by atoms with Crippen molar-refractivity contribution in [1.82, 2.24) is 9.97 Å². The van der Waals surface area contributed by atoms with Crippen molar-refractivity contribution in [3.8, 4) is 11.5 Å². The van der Waals surface area contributed by atoms with E-state index in [2.05, 4.69) is 9.97 Å². The third kappa shape index (κ3) is 1.84. The SMILES string of the molecule is NCc1cc(-c2nc3ccc(F)cc3o2)ccn1. The maximum atomic E-state index is 13.1. The van der Waals surface area contributed by atoms with Crippen LogP contribution in [0.25, 0.3) is 22.6 Å². The van der Waals surface area contributed by atoms with Crippen LogP contribution in [0.4, 0.5) is 4.39 Å². The zero-order chi connectivity index (χ0) is 12.5. The van der Waals surface area contributed by atoms with Gasteiger partial charge in [-0.1, -0.05) is 0 Å². The highest BCUT2D eigenvalue weighted by atomic mass is 19.1. The first-order valence-electron chi connectivity index (χ1n) is 5.48. The van der Waals surface area contributed by atoms with E-state index < -0.39 is 0 Å². The van der Waals surface area contributed by atoms with Crippen LogP contribution in [0.3, 0.4) is 0 Å². The number of hydrogen-bond acceptors (Lipinski definition) is 4. The van der Waals surface area contributed by atoms with Gasteiger partial charge in [0.25, 0.3) is 0 Å². The summed E-state index contributed by atoms with van der Waals surface area (Å²) in [5.74, 6) is 0.0928. The highest BCUT2D eigenvalue weighted by Crippen LogP contribution is 2.24. The average molecular weight is 243 g/mol. The largest absolute Gasteiger partial charge is 0.436 e. The number of rotatable bonds is 2. The molecule has 1 aromatic carbocycles. The molecule has 18 heavy (non-hydrogen) atoms. The Hall–Kier alpha value is -2.27. The van der Waals surface area contributed by atoms with E-state index in [1.165, 1.54) is 12.1 Å². The van der Waals surface area contributed by atoms with Crippen molar-refractivity contribution < 1.29 is 8.81 Å². The molecule has 2 aromatic heterocycles. The summed E-state index contributed by atoms with van der Waals surface area (Å²) in [6.07, 6.45) is 1.65. The molecule has 0 amide bonds. The molecular weight excluding hydrogens is 233 g/mol. The monoisotopic (exact) mass is 243 g/mol. The molecule has 0 saturated heterocycles. The summed E-state index contributed by atoms with van der Waals surface area (Å²) in [5, 5.41) is 0. The van der Waals surface area contributed by atoms with Crippen LogP contribution in [0.15, 0.2) is 40.9 Å². The second kappa shape index (κ2) is 4.19. The van der Waals surface area contributed by atoms with Gasteiger partial charge in [-0.15, -0.1) is 0 Å². The Bertz CT molecular complexity index is 708. The number of oxazole rings is 1. The summed E-state index contributed by atoms with van der Waals surface area (Å²) in [7, 11) is 0. The van der Waals surface area contributed by atoms with Gasteiger partial charge in [0.15, 0.2) is 5.58 Å². The molecule has 0 aliphatic rings. The number of nitrogens with zero attached hydrogens (tertiary/aromatic N) is 2. The molecule has 3 aromatic rings. The van der Waals surface area contributed by atoms with Crippen molar-refractivity contribution in [2.75, 3.05) is 0 Å². The van der Waals surface area contributed by atoms with Crippen LogP contribution >= 0.6 is 0 Å². The lowest BCUT2D eigenvalue weighted by Crippen LogP contribution is -1.98. The van der Waals surface area contributed by atoms with Gasteiger partial charge in [0.05, 0.1) is 5.69 Å². The standard InChI is InChI=1S/C13H10FN3O/c14-9-1-2-11-12(6-9)18-13(17-11)8-3-4-16-10(5-8)7-15/h1-6H,7,15H2.